The number of aryl methyl sites for hydroxylation is 1. The molecule has 5 heteroatoms. The molecule has 0 spiro atoms. The number of piperazine rings is 1. The number of nitrogens with zero attached hydrogens (tertiary/aromatic N) is 3. The topological polar surface area (TPSA) is 26.8 Å². The number of anilines is 2. The van der Waals surface area contributed by atoms with Gasteiger partial charge in [-0.15, -0.1) is 0 Å². The minimum Gasteiger partial charge on any atom is -0.366 e. The van der Waals surface area contributed by atoms with Crippen LogP contribution < -0.4 is 9.80 Å². The number of hydrogen-bond acceptors (Lipinski definition) is 3. The van der Waals surface area contributed by atoms with Crippen LogP contribution in [0.25, 0.3) is 0 Å². The summed E-state index contributed by atoms with van der Waals surface area (Å²) in [5, 5.41) is 0. The van der Waals surface area contributed by atoms with Gasteiger partial charge in [-0.25, -0.2) is 4.39 Å². The molecule has 2 aliphatic heterocycles. The van der Waals surface area contributed by atoms with Crippen LogP contribution in [-0.4, -0.2) is 50.1 Å². The fraction of sp³-hybridized carbons (Fsp3) is 0.381. The highest BCUT2D eigenvalue weighted by Gasteiger charge is 2.25. The van der Waals surface area contributed by atoms with E-state index in [2.05, 4.69) is 23.1 Å². The summed E-state index contributed by atoms with van der Waals surface area (Å²) in [5.41, 5.74) is 3.15. The summed E-state index contributed by atoms with van der Waals surface area (Å²) in [4.78, 5) is 18.9. The van der Waals surface area contributed by atoms with E-state index in [0.29, 0.717) is 38.4 Å². The van der Waals surface area contributed by atoms with Crippen molar-refractivity contribution < 1.29 is 9.18 Å². The second kappa shape index (κ2) is 7.36. The molecule has 26 heavy (non-hydrogen) atoms. The van der Waals surface area contributed by atoms with E-state index >= 15 is 0 Å². The Morgan fingerprint density at radius 2 is 1.58 bits per heavy atom. The van der Waals surface area contributed by atoms with E-state index in [1.54, 1.807) is 12.1 Å². The lowest BCUT2D eigenvalue weighted by atomic mass is 10.0. The predicted molar refractivity (Wildman–Crippen MR) is 102 cm³/mol. The van der Waals surface area contributed by atoms with Crippen LogP contribution in [0.15, 0.2) is 48.5 Å². The van der Waals surface area contributed by atoms with Gasteiger partial charge >= 0.3 is 0 Å². The Kier molecular flexibility index (Phi) is 4.78. The molecule has 0 aromatic heterocycles. The van der Waals surface area contributed by atoms with Gasteiger partial charge in [0.2, 0.25) is 5.91 Å². The average molecular weight is 353 g/mol. The molecule has 4 nitrogen and oxygen atoms in total. The van der Waals surface area contributed by atoms with Crippen LogP contribution in [0.1, 0.15) is 12.0 Å². The molecule has 2 aliphatic rings. The molecule has 0 bridgehead atoms. The third-order valence-electron chi connectivity index (χ3n) is 5.36. The highest BCUT2D eigenvalue weighted by molar-refractivity contribution is 5.82. The van der Waals surface area contributed by atoms with Crippen molar-refractivity contribution in [1.82, 2.24) is 4.90 Å². The molecule has 1 saturated heterocycles. The van der Waals surface area contributed by atoms with E-state index in [9.17, 15) is 9.18 Å². The number of hydrogen-bond donors (Lipinski definition) is 0. The highest BCUT2D eigenvalue weighted by Crippen LogP contribution is 2.26. The minimum absolute atomic E-state index is 0.162. The van der Waals surface area contributed by atoms with E-state index in [-0.39, 0.29) is 11.7 Å². The fourth-order valence-electron chi connectivity index (χ4n) is 3.94. The van der Waals surface area contributed by atoms with Crippen molar-refractivity contribution in [3.63, 3.8) is 0 Å². The maximum absolute atomic E-state index is 14.0. The number of carbonyl (C=O) groups is 1. The first-order valence-corrected chi connectivity index (χ1v) is 9.32. The number of halogens is 1. The van der Waals surface area contributed by atoms with Crippen LogP contribution in [0, 0.1) is 5.82 Å². The molecule has 4 rings (SSSR count). The zero-order valence-corrected chi connectivity index (χ0v) is 14.9. The van der Waals surface area contributed by atoms with Crippen molar-refractivity contribution in [3.05, 3.63) is 59.9 Å². The Balaban J connectivity index is 1.37. The van der Waals surface area contributed by atoms with Crippen molar-refractivity contribution >= 4 is 17.3 Å². The summed E-state index contributed by atoms with van der Waals surface area (Å²) in [5.74, 6) is -0.0351. The monoisotopic (exact) mass is 353 g/mol. The Bertz CT molecular complexity index is 786. The molecule has 0 N–H and O–H groups in total. The van der Waals surface area contributed by atoms with Gasteiger partial charge in [0.25, 0.3) is 0 Å². The first kappa shape index (κ1) is 16.9. The van der Waals surface area contributed by atoms with Crippen molar-refractivity contribution in [3.8, 4) is 0 Å². The van der Waals surface area contributed by atoms with Crippen LogP contribution in [-0.2, 0) is 11.2 Å². The standard InChI is InChI=1S/C21H24FN3O/c22-18-8-2-4-10-20(18)23-12-14-24(15-13-23)21(26)16-25-11-5-7-17-6-1-3-9-19(17)25/h1-4,6,8-10H,5,7,11-16H2. The Morgan fingerprint density at radius 3 is 2.35 bits per heavy atom. The minimum atomic E-state index is -0.197. The third-order valence-corrected chi connectivity index (χ3v) is 5.36. The number of rotatable bonds is 3. The number of benzene rings is 2. The fourth-order valence-corrected chi connectivity index (χ4v) is 3.94. The van der Waals surface area contributed by atoms with Gasteiger partial charge in [0.05, 0.1) is 12.2 Å². The van der Waals surface area contributed by atoms with Crippen LogP contribution >= 0.6 is 0 Å². The summed E-state index contributed by atoms with van der Waals surface area (Å²) in [6.07, 6.45) is 2.17. The number of fused-ring (bicyclic) bond motifs is 1. The average Bonchev–Trinajstić information content (AvgIpc) is 2.69. The quantitative estimate of drug-likeness (QED) is 0.849. The first-order valence-electron chi connectivity index (χ1n) is 9.32. The van der Waals surface area contributed by atoms with E-state index in [1.165, 1.54) is 17.3 Å². The molecule has 1 amide bonds. The largest absolute Gasteiger partial charge is 0.366 e. The molecule has 136 valence electrons. The molecule has 2 aromatic rings. The third kappa shape index (κ3) is 3.39. The maximum atomic E-state index is 14.0. The SMILES string of the molecule is O=C(CN1CCCc2ccccc21)N1CCN(c2ccccc2F)CC1. The second-order valence-corrected chi connectivity index (χ2v) is 6.97. The molecule has 2 aromatic carbocycles. The molecule has 0 radical (unpaired) electrons. The normalized spacial score (nSPS) is 17.2. The van der Waals surface area contributed by atoms with Gasteiger partial charge in [-0.05, 0) is 36.6 Å². The summed E-state index contributed by atoms with van der Waals surface area (Å²) in [7, 11) is 0. The van der Waals surface area contributed by atoms with Crippen molar-refractivity contribution in [2.75, 3.05) is 49.1 Å². The number of carbonyl (C=O) groups excluding carboxylic acids is 1. The van der Waals surface area contributed by atoms with Crippen molar-refractivity contribution in [1.29, 1.82) is 0 Å². The summed E-state index contributed by atoms with van der Waals surface area (Å²) >= 11 is 0. The van der Waals surface area contributed by atoms with Crippen molar-refractivity contribution in [2.45, 2.75) is 12.8 Å². The smallest absolute Gasteiger partial charge is 0.242 e. The van der Waals surface area contributed by atoms with E-state index in [4.69, 9.17) is 0 Å². The van der Waals surface area contributed by atoms with E-state index < -0.39 is 0 Å². The lowest BCUT2D eigenvalue weighted by Gasteiger charge is -2.38. The predicted octanol–water partition coefficient (Wildman–Crippen LogP) is 2.93. The van der Waals surface area contributed by atoms with Crippen LogP contribution in [0.3, 0.4) is 0 Å². The Labute approximate surface area is 153 Å². The second-order valence-electron chi connectivity index (χ2n) is 6.97. The van der Waals surface area contributed by atoms with Gasteiger partial charge in [-0.2, -0.15) is 0 Å². The molecule has 0 atom stereocenters. The van der Waals surface area contributed by atoms with E-state index in [0.717, 1.165) is 19.4 Å². The van der Waals surface area contributed by atoms with Crippen molar-refractivity contribution in [2.24, 2.45) is 0 Å². The highest BCUT2D eigenvalue weighted by atomic mass is 19.1. The van der Waals surface area contributed by atoms with Gasteiger partial charge in [-0.3, -0.25) is 4.79 Å². The molecular formula is C21H24FN3O. The lowest BCUT2D eigenvalue weighted by Crippen LogP contribution is -2.52. The summed E-state index contributed by atoms with van der Waals surface area (Å²) in [6, 6.07) is 15.2. The molecule has 0 saturated carbocycles. The lowest BCUT2D eigenvalue weighted by molar-refractivity contribution is -0.130. The van der Waals surface area contributed by atoms with Gasteiger partial charge in [-0.1, -0.05) is 30.3 Å². The first-order chi connectivity index (χ1) is 12.7. The summed E-state index contributed by atoms with van der Waals surface area (Å²) < 4.78 is 14.0. The zero-order valence-electron chi connectivity index (χ0n) is 14.9. The Morgan fingerprint density at radius 1 is 0.885 bits per heavy atom. The number of amides is 1. The molecule has 2 heterocycles. The van der Waals surface area contributed by atoms with Gasteiger partial charge in [0, 0.05) is 38.4 Å². The maximum Gasteiger partial charge on any atom is 0.242 e. The van der Waals surface area contributed by atoms with Crippen LogP contribution in [0.2, 0.25) is 0 Å². The summed E-state index contributed by atoms with van der Waals surface area (Å²) in [6.45, 7) is 3.98. The molecular weight excluding hydrogens is 329 g/mol. The Hall–Kier alpha value is -2.56. The van der Waals surface area contributed by atoms with Crippen LogP contribution in [0.4, 0.5) is 15.8 Å². The van der Waals surface area contributed by atoms with Gasteiger partial charge < -0.3 is 14.7 Å². The molecule has 0 unspecified atom stereocenters. The molecule has 0 aliphatic carbocycles. The number of para-hydroxylation sites is 2. The van der Waals surface area contributed by atoms with Gasteiger partial charge in [0.15, 0.2) is 0 Å². The van der Waals surface area contributed by atoms with E-state index in [1.807, 2.05) is 21.9 Å². The van der Waals surface area contributed by atoms with Gasteiger partial charge in [0.1, 0.15) is 5.82 Å². The zero-order chi connectivity index (χ0) is 17.9. The van der Waals surface area contributed by atoms with Crippen LogP contribution in [0.5, 0.6) is 0 Å². The molecule has 1 fully saturated rings.